The van der Waals surface area contributed by atoms with Crippen molar-refractivity contribution < 1.29 is 57.6 Å². The molecule has 0 aliphatic rings. The summed E-state index contributed by atoms with van der Waals surface area (Å²) in [6, 6.07) is 16.0. The Balaban J connectivity index is 0.000000514. The van der Waals surface area contributed by atoms with Crippen molar-refractivity contribution in [2.75, 3.05) is 0 Å². The van der Waals surface area contributed by atoms with Crippen molar-refractivity contribution in [1.29, 1.82) is 0 Å². The maximum absolute atomic E-state index is 12.2. The first-order valence-corrected chi connectivity index (χ1v) is 16.6. The van der Waals surface area contributed by atoms with E-state index in [0.29, 0.717) is 0 Å². The summed E-state index contributed by atoms with van der Waals surface area (Å²) in [6.45, 7) is 14.0. The van der Waals surface area contributed by atoms with Crippen molar-refractivity contribution in [2.45, 2.75) is 124 Å². The molecule has 0 aromatic heterocycles. The third-order valence-corrected chi connectivity index (χ3v) is 6.06. The molecule has 0 aliphatic heterocycles. The van der Waals surface area contributed by atoms with Crippen LogP contribution in [-0.2, 0) is 56.1 Å². The molecular weight excluding hydrogens is 664 g/mol. The number of aliphatic carboxylic acids is 1. The van der Waals surface area contributed by atoms with Crippen LogP contribution in [0.15, 0.2) is 60.7 Å². The van der Waals surface area contributed by atoms with Crippen LogP contribution in [0.4, 0.5) is 9.59 Å². The van der Waals surface area contributed by atoms with E-state index in [1.807, 2.05) is 36.4 Å². The van der Waals surface area contributed by atoms with Gasteiger partial charge in [0.15, 0.2) is 0 Å². The summed E-state index contributed by atoms with van der Waals surface area (Å²) in [7, 11) is 0. The van der Waals surface area contributed by atoms with Gasteiger partial charge in [0, 0.05) is 12.8 Å². The van der Waals surface area contributed by atoms with E-state index in [1.54, 1.807) is 79.7 Å². The molecule has 282 valence electrons. The number of amides is 2. The van der Waals surface area contributed by atoms with Crippen LogP contribution >= 0.6 is 0 Å². The number of carboxylic acids is 1. The lowest BCUT2D eigenvalue weighted by Gasteiger charge is -2.21. The normalized spacial score (nSPS) is 12.2. The number of carboxylic acid groups (broad SMARTS) is 1. The summed E-state index contributed by atoms with van der Waals surface area (Å²) in [5.74, 6) is -2.84. The van der Waals surface area contributed by atoms with Gasteiger partial charge in [-0.05, 0) is 79.4 Å². The molecule has 51 heavy (non-hydrogen) atoms. The summed E-state index contributed by atoms with van der Waals surface area (Å²) in [5.41, 5.74) is 0.348. The number of benzene rings is 2. The Morgan fingerprint density at radius 2 is 1.00 bits per heavy atom. The largest absolute Gasteiger partial charge is 0.480 e. The fourth-order valence-electron chi connectivity index (χ4n) is 3.94. The topological polar surface area (TPSA) is 193 Å². The highest BCUT2D eigenvalue weighted by atomic mass is 16.6. The van der Waals surface area contributed by atoms with Gasteiger partial charge in [-0.15, -0.1) is 0 Å². The molecule has 3 N–H and O–H groups in total. The van der Waals surface area contributed by atoms with E-state index >= 15 is 0 Å². The van der Waals surface area contributed by atoms with E-state index in [4.69, 9.17) is 28.8 Å². The number of carbonyl (C=O) groups is 6. The monoisotopic (exact) mass is 716 g/mol. The van der Waals surface area contributed by atoms with Gasteiger partial charge in [-0.2, -0.15) is 0 Å². The minimum atomic E-state index is -1.24. The molecule has 0 radical (unpaired) electrons. The Labute approximate surface area is 299 Å². The van der Waals surface area contributed by atoms with Gasteiger partial charge >= 0.3 is 36.1 Å². The van der Waals surface area contributed by atoms with E-state index < -0.39 is 59.3 Å². The highest BCUT2D eigenvalue weighted by molar-refractivity contribution is 5.82. The van der Waals surface area contributed by atoms with Crippen LogP contribution in [0.3, 0.4) is 0 Å². The smallest absolute Gasteiger partial charge is 0.408 e. The standard InChI is InChI=1S/C20H29NO6.C17H23NO6/c1-14(2)26-18(23)16(11-12-17(22)27-20(3,4)5)21-19(24)25-13-15-9-7-6-8-10-15;1-17(2,3)24-14(19)10-9-13(15(20)21)18-16(22)23-11-12-7-5-4-6-8-12/h6-10,14,16H,11-13H2,1-5H3,(H,21,24);4-8,13H,9-11H2,1-3H3,(H,18,22)(H,20,21)/t16-;13-/m00/s1. The summed E-state index contributed by atoms with van der Waals surface area (Å²) >= 11 is 0. The molecule has 2 atom stereocenters. The number of ether oxygens (including phenoxy) is 5. The Bertz CT molecular complexity index is 1400. The zero-order valence-electron chi connectivity index (χ0n) is 30.7. The minimum absolute atomic E-state index is 0.0328. The SMILES string of the molecule is CC(C)(C)OC(=O)CC[C@H](NC(=O)OCc1ccccc1)C(=O)O.CC(C)OC(=O)[C@H](CCC(=O)OC(C)(C)C)NC(=O)OCc1ccccc1. The van der Waals surface area contributed by atoms with Crippen molar-refractivity contribution in [1.82, 2.24) is 10.6 Å². The maximum Gasteiger partial charge on any atom is 0.408 e. The molecule has 0 heterocycles. The highest BCUT2D eigenvalue weighted by Crippen LogP contribution is 2.13. The predicted octanol–water partition coefficient (Wildman–Crippen LogP) is 5.84. The average molecular weight is 717 g/mol. The molecule has 2 rings (SSSR count). The molecule has 0 saturated heterocycles. The first kappa shape index (κ1) is 43.9. The van der Waals surface area contributed by atoms with Crippen LogP contribution in [0.5, 0.6) is 0 Å². The Hall–Kier alpha value is -5.14. The molecule has 2 amide bonds. The lowest BCUT2D eigenvalue weighted by molar-refractivity contribution is -0.157. The summed E-state index contributed by atoms with van der Waals surface area (Å²) in [5, 5.41) is 13.8. The molecule has 0 unspecified atom stereocenters. The number of carbonyl (C=O) groups excluding carboxylic acids is 5. The van der Waals surface area contributed by atoms with Gasteiger partial charge in [-0.3, -0.25) is 9.59 Å². The number of rotatable bonds is 15. The molecule has 14 nitrogen and oxygen atoms in total. The second-order valence-corrected chi connectivity index (χ2v) is 13.6. The first-order valence-electron chi connectivity index (χ1n) is 16.6. The third kappa shape index (κ3) is 22.2. The Morgan fingerprint density at radius 3 is 1.35 bits per heavy atom. The molecule has 0 spiro atoms. The summed E-state index contributed by atoms with van der Waals surface area (Å²) in [4.78, 5) is 70.6. The van der Waals surface area contributed by atoms with Crippen LogP contribution in [0, 0.1) is 0 Å². The maximum atomic E-state index is 12.2. The molecule has 14 heteroatoms. The van der Waals surface area contributed by atoms with Crippen molar-refractivity contribution in [3.8, 4) is 0 Å². The molecule has 2 aromatic carbocycles. The fraction of sp³-hybridized carbons (Fsp3) is 0.514. The van der Waals surface area contributed by atoms with Gasteiger partial charge in [0.05, 0.1) is 6.10 Å². The number of hydrogen-bond donors (Lipinski definition) is 3. The van der Waals surface area contributed by atoms with E-state index in [2.05, 4.69) is 10.6 Å². The van der Waals surface area contributed by atoms with Gasteiger partial charge in [-0.25, -0.2) is 19.2 Å². The summed E-state index contributed by atoms with van der Waals surface area (Å²) in [6.07, 6.45) is -2.12. The van der Waals surface area contributed by atoms with Crippen LogP contribution in [-0.4, -0.2) is 70.6 Å². The van der Waals surface area contributed by atoms with Gasteiger partial charge < -0.3 is 39.4 Å². The van der Waals surface area contributed by atoms with Gasteiger partial charge in [0.25, 0.3) is 0 Å². The van der Waals surface area contributed by atoms with Crippen molar-refractivity contribution in [3.05, 3.63) is 71.8 Å². The Kier molecular flexibility index (Phi) is 18.8. The number of hydrogen-bond acceptors (Lipinski definition) is 11. The van der Waals surface area contributed by atoms with E-state index in [0.717, 1.165) is 11.1 Å². The Morgan fingerprint density at radius 1 is 0.627 bits per heavy atom. The average Bonchev–Trinajstić information content (AvgIpc) is 3.02. The van der Waals surface area contributed by atoms with Crippen molar-refractivity contribution >= 4 is 36.1 Å². The van der Waals surface area contributed by atoms with Gasteiger partial charge in [-0.1, -0.05) is 60.7 Å². The van der Waals surface area contributed by atoms with E-state index in [-0.39, 0.29) is 45.0 Å². The lowest BCUT2D eigenvalue weighted by Crippen LogP contribution is -2.43. The predicted molar refractivity (Wildman–Crippen MR) is 186 cm³/mol. The van der Waals surface area contributed by atoms with Crippen molar-refractivity contribution in [2.24, 2.45) is 0 Å². The first-order chi connectivity index (χ1) is 23.7. The molecular formula is C37H52N2O12. The molecule has 0 fully saturated rings. The minimum Gasteiger partial charge on any atom is -0.480 e. The summed E-state index contributed by atoms with van der Waals surface area (Å²) < 4.78 is 25.6. The zero-order valence-corrected chi connectivity index (χ0v) is 30.7. The second-order valence-electron chi connectivity index (χ2n) is 13.6. The quantitative estimate of drug-likeness (QED) is 0.147. The number of alkyl carbamates (subject to hydrolysis) is 2. The van der Waals surface area contributed by atoms with Crippen LogP contribution in [0.2, 0.25) is 0 Å². The van der Waals surface area contributed by atoms with E-state index in [9.17, 15) is 28.8 Å². The van der Waals surface area contributed by atoms with Crippen LogP contribution in [0.1, 0.15) is 92.2 Å². The van der Waals surface area contributed by atoms with E-state index in [1.165, 1.54) is 0 Å². The lowest BCUT2D eigenvalue weighted by atomic mass is 10.1. The highest BCUT2D eigenvalue weighted by Gasteiger charge is 2.27. The number of nitrogens with one attached hydrogen (secondary N) is 2. The van der Waals surface area contributed by atoms with Crippen molar-refractivity contribution in [3.63, 3.8) is 0 Å². The zero-order chi connectivity index (χ0) is 38.6. The molecule has 0 aliphatic carbocycles. The molecule has 2 aromatic rings. The number of esters is 3. The molecule has 0 bridgehead atoms. The van der Waals surface area contributed by atoms with Crippen LogP contribution < -0.4 is 10.6 Å². The molecule has 0 saturated carbocycles. The van der Waals surface area contributed by atoms with Gasteiger partial charge in [0.1, 0.15) is 36.5 Å². The van der Waals surface area contributed by atoms with Gasteiger partial charge in [0.2, 0.25) is 0 Å². The van der Waals surface area contributed by atoms with Crippen LogP contribution in [0.25, 0.3) is 0 Å². The fourth-order valence-corrected chi connectivity index (χ4v) is 3.94. The second kappa shape index (κ2) is 21.8. The third-order valence-electron chi connectivity index (χ3n) is 6.06.